The van der Waals surface area contributed by atoms with E-state index >= 15 is 0 Å². The lowest BCUT2D eigenvalue weighted by Gasteiger charge is -2.49. The Balaban J connectivity index is 1.44. The highest BCUT2D eigenvalue weighted by Crippen LogP contribution is 2.44. The number of aliphatic hydroxyl groups is 1. The second-order valence-corrected chi connectivity index (χ2v) is 6.99. The highest BCUT2D eigenvalue weighted by atomic mass is 16.7. The van der Waals surface area contributed by atoms with Gasteiger partial charge in [-0.15, -0.1) is 0 Å². The summed E-state index contributed by atoms with van der Waals surface area (Å²) in [6.07, 6.45) is 8.09. The van der Waals surface area contributed by atoms with E-state index in [0.29, 0.717) is 12.7 Å². The molecule has 0 amide bonds. The normalized spacial score (nSPS) is 33.5. The lowest BCUT2D eigenvalue weighted by Crippen LogP contribution is -2.58. The quantitative estimate of drug-likeness (QED) is 0.901. The molecule has 2 aliphatic carbocycles. The van der Waals surface area contributed by atoms with Gasteiger partial charge in [0, 0.05) is 12.6 Å². The third-order valence-corrected chi connectivity index (χ3v) is 5.73. The summed E-state index contributed by atoms with van der Waals surface area (Å²) in [5.74, 6) is 2.15. The fraction of sp³-hybridized carbons (Fsp3) is 0.667. The van der Waals surface area contributed by atoms with Crippen LogP contribution in [0.1, 0.15) is 50.5 Å². The van der Waals surface area contributed by atoms with Crippen LogP contribution in [-0.4, -0.2) is 23.5 Å². The van der Waals surface area contributed by atoms with E-state index in [9.17, 15) is 5.11 Å². The summed E-state index contributed by atoms with van der Waals surface area (Å²) in [6, 6.07) is 6.31. The molecule has 4 nitrogen and oxygen atoms in total. The topological polar surface area (TPSA) is 50.7 Å². The Morgan fingerprint density at radius 2 is 1.95 bits per heavy atom. The Morgan fingerprint density at radius 3 is 2.91 bits per heavy atom. The summed E-state index contributed by atoms with van der Waals surface area (Å²) in [4.78, 5) is 0. The van der Waals surface area contributed by atoms with Gasteiger partial charge in [-0.3, -0.25) is 0 Å². The van der Waals surface area contributed by atoms with Gasteiger partial charge < -0.3 is 19.9 Å². The molecule has 1 aromatic rings. The molecular formula is C18H25NO3. The van der Waals surface area contributed by atoms with E-state index in [0.717, 1.165) is 37.3 Å². The Morgan fingerprint density at radius 1 is 1.09 bits per heavy atom. The van der Waals surface area contributed by atoms with Gasteiger partial charge in [-0.1, -0.05) is 25.3 Å². The zero-order valence-corrected chi connectivity index (χ0v) is 13.0. The van der Waals surface area contributed by atoms with Gasteiger partial charge in [-0.25, -0.2) is 0 Å². The van der Waals surface area contributed by atoms with Crippen LogP contribution >= 0.6 is 0 Å². The molecular weight excluding hydrogens is 278 g/mol. The monoisotopic (exact) mass is 303 g/mol. The number of benzene rings is 1. The van der Waals surface area contributed by atoms with Crippen molar-refractivity contribution in [2.75, 3.05) is 6.79 Å². The van der Waals surface area contributed by atoms with Crippen LogP contribution in [0, 0.1) is 5.92 Å². The van der Waals surface area contributed by atoms with Crippen molar-refractivity contribution in [2.24, 2.45) is 5.92 Å². The molecule has 120 valence electrons. The van der Waals surface area contributed by atoms with Gasteiger partial charge in [-0.2, -0.15) is 0 Å². The molecule has 0 bridgehead atoms. The summed E-state index contributed by atoms with van der Waals surface area (Å²) < 4.78 is 10.8. The van der Waals surface area contributed by atoms with Gasteiger partial charge in [0.1, 0.15) is 0 Å². The fourth-order valence-corrected chi connectivity index (χ4v) is 4.50. The minimum atomic E-state index is -0.493. The van der Waals surface area contributed by atoms with E-state index in [1.54, 1.807) is 0 Å². The standard InChI is InChI=1S/C18H25NO3/c20-18-9-2-1-4-14(18)5-3-6-17(18)19-11-13-7-8-15-16(10-13)22-12-21-15/h7-8,10,14,17,19-20H,1-6,9,11-12H2/t14-,17+,18?/m1/s1. The molecule has 1 unspecified atom stereocenters. The highest BCUT2D eigenvalue weighted by molar-refractivity contribution is 5.44. The second kappa shape index (κ2) is 5.74. The van der Waals surface area contributed by atoms with Crippen molar-refractivity contribution < 1.29 is 14.6 Å². The first-order valence-electron chi connectivity index (χ1n) is 8.60. The molecule has 2 N–H and O–H groups in total. The van der Waals surface area contributed by atoms with Crippen molar-refractivity contribution in [2.45, 2.75) is 63.1 Å². The van der Waals surface area contributed by atoms with Crippen molar-refractivity contribution in [3.63, 3.8) is 0 Å². The summed E-state index contributed by atoms with van der Waals surface area (Å²) >= 11 is 0. The average Bonchev–Trinajstić information content (AvgIpc) is 3.00. The summed E-state index contributed by atoms with van der Waals surface area (Å²) in [7, 11) is 0. The van der Waals surface area contributed by atoms with Gasteiger partial charge in [0.25, 0.3) is 0 Å². The lowest BCUT2D eigenvalue weighted by molar-refractivity contribution is -0.0989. The first-order chi connectivity index (χ1) is 10.8. The van der Waals surface area contributed by atoms with Crippen molar-refractivity contribution >= 4 is 0 Å². The van der Waals surface area contributed by atoms with Crippen molar-refractivity contribution in [1.29, 1.82) is 0 Å². The van der Waals surface area contributed by atoms with E-state index in [4.69, 9.17) is 9.47 Å². The average molecular weight is 303 g/mol. The fourth-order valence-electron chi connectivity index (χ4n) is 4.50. The van der Waals surface area contributed by atoms with Gasteiger partial charge >= 0.3 is 0 Å². The molecule has 1 aromatic carbocycles. The lowest BCUT2D eigenvalue weighted by atomic mass is 9.65. The predicted molar refractivity (Wildman–Crippen MR) is 84.0 cm³/mol. The van der Waals surface area contributed by atoms with Crippen LogP contribution in [0.2, 0.25) is 0 Å². The molecule has 3 aliphatic rings. The zero-order valence-electron chi connectivity index (χ0n) is 13.0. The Hall–Kier alpha value is -1.26. The maximum atomic E-state index is 11.2. The summed E-state index contributed by atoms with van der Waals surface area (Å²) in [6.45, 7) is 1.09. The molecule has 0 aromatic heterocycles. The summed E-state index contributed by atoms with van der Waals surface area (Å²) in [5, 5.41) is 14.8. The van der Waals surface area contributed by atoms with Crippen molar-refractivity contribution in [3.05, 3.63) is 23.8 Å². The van der Waals surface area contributed by atoms with Crippen LogP contribution < -0.4 is 14.8 Å². The highest BCUT2D eigenvalue weighted by Gasteiger charge is 2.46. The molecule has 1 heterocycles. The van der Waals surface area contributed by atoms with Crippen LogP contribution in [0.25, 0.3) is 0 Å². The molecule has 3 atom stereocenters. The van der Waals surface area contributed by atoms with E-state index in [-0.39, 0.29) is 6.04 Å². The second-order valence-electron chi connectivity index (χ2n) is 6.99. The Labute approximate surface area is 131 Å². The van der Waals surface area contributed by atoms with Gasteiger partial charge in [0.2, 0.25) is 6.79 Å². The van der Waals surface area contributed by atoms with Crippen LogP contribution in [0.4, 0.5) is 0 Å². The number of ether oxygens (including phenoxy) is 2. The minimum absolute atomic E-state index is 0.219. The van der Waals surface area contributed by atoms with E-state index < -0.39 is 5.60 Å². The smallest absolute Gasteiger partial charge is 0.231 e. The maximum Gasteiger partial charge on any atom is 0.231 e. The molecule has 22 heavy (non-hydrogen) atoms. The third kappa shape index (κ3) is 2.48. The molecule has 4 rings (SSSR count). The molecule has 0 saturated heterocycles. The number of hydrogen-bond donors (Lipinski definition) is 2. The van der Waals surface area contributed by atoms with Crippen LogP contribution in [0.15, 0.2) is 18.2 Å². The first-order valence-corrected chi connectivity index (χ1v) is 8.60. The maximum absolute atomic E-state index is 11.2. The SMILES string of the molecule is OC12CCCC[C@@H]1CCC[C@@H]2NCc1ccc2c(c1)OCO2. The molecule has 2 saturated carbocycles. The molecule has 0 spiro atoms. The van der Waals surface area contributed by atoms with Gasteiger partial charge in [0.05, 0.1) is 5.60 Å². The Bertz CT molecular complexity index is 545. The molecule has 1 aliphatic heterocycles. The molecule has 2 fully saturated rings. The predicted octanol–water partition coefficient (Wildman–Crippen LogP) is 2.98. The van der Waals surface area contributed by atoms with E-state index in [1.807, 2.05) is 12.1 Å². The number of rotatable bonds is 3. The molecule has 0 radical (unpaired) electrons. The summed E-state index contributed by atoms with van der Waals surface area (Å²) in [5.41, 5.74) is 0.693. The van der Waals surface area contributed by atoms with Crippen LogP contribution in [0.5, 0.6) is 11.5 Å². The molecule has 4 heteroatoms. The largest absolute Gasteiger partial charge is 0.454 e. The van der Waals surface area contributed by atoms with Crippen molar-refractivity contribution in [3.8, 4) is 11.5 Å². The van der Waals surface area contributed by atoms with E-state index in [1.165, 1.54) is 31.2 Å². The Kier molecular flexibility index (Phi) is 3.74. The number of hydrogen-bond acceptors (Lipinski definition) is 4. The first kappa shape index (κ1) is 14.3. The van der Waals surface area contributed by atoms with Crippen molar-refractivity contribution in [1.82, 2.24) is 5.32 Å². The number of fused-ring (bicyclic) bond motifs is 2. The third-order valence-electron chi connectivity index (χ3n) is 5.73. The number of nitrogens with one attached hydrogen (secondary N) is 1. The van der Waals surface area contributed by atoms with Crippen LogP contribution in [0.3, 0.4) is 0 Å². The zero-order chi connectivity index (χ0) is 15.0. The minimum Gasteiger partial charge on any atom is -0.454 e. The van der Waals surface area contributed by atoms with Crippen LogP contribution in [-0.2, 0) is 6.54 Å². The van der Waals surface area contributed by atoms with Gasteiger partial charge in [-0.05, 0) is 49.3 Å². The van der Waals surface area contributed by atoms with Gasteiger partial charge in [0.15, 0.2) is 11.5 Å². The van der Waals surface area contributed by atoms with E-state index in [2.05, 4.69) is 11.4 Å².